The SMILES string of the molecule is CC(C)COC(=O)N(c1nc(Br)ns1)C1CCNCC1. The van der Waals surface area contributed by atoms with Gasteiger partial charge in [-0.05, 0) is 47.8 Å². The van der Waals surface area contributed by atoms with Crippen molar-refractivity contribution < 1.29 is 9.53 Å². The van der Waals surface area contributed by atoms with Gasteiger partial charge in [-0.2, -0.15) is 9.36 Å². The minimum Gasteiger partial charge on any atom is -0.449 e. The molecular formula is C12H19BrN4O2S. The third-order valence-electron chi connectivity index (χ3n) is 3.01. The van der Waals surface area contributed by atoms with E-state index in [1.54, 1.807) is 4.90 Å². The van der Waals surface area contributed by atoms with Crippen molar-refractivity contribution in [2.45, 2.75) is 32.7 Å². The van der Waals surface area contributed by atoms with E-state index in [1.807, 2.05) is 13.8 Å². The van der Waals surface area contributed by atoms with Crippen molar-refractivity contribution in [3.8, 4) is 0 Å². The van der Waals surface area contributed by atoms with E-state index in [1.165, 1.54) is 11.5 Å². The molecule has 0 bridgehead atoms. The largest absolute Gasteiger partial charge is 0.449 e. The van der Waals surface area contributed by atoms with Crippen molar-refractivity contribution in [3.63, 3.8) is 0 Å². The summed E-state index contributed by atoms with van der Waals surface area (Å²) >= 11 is 4.44. The zero-order valence-electron chi connectivity index (χ0n) is 11.6. The highest BCUT2D eigenvalue weighted by molar-refractivity contribution is 9.10. The minimum atomic E-state index is -0.325. The Hall–Kier alpha value is -0.730. The Kier molecular flexibility index (Phi) is 5.74. The first kappa shape index (κ1) is 15.7. The fraction of sp³-hybridized carbons (Fsp3) is 0.750. The van der Waals surface area contributed by atoms with Crippen LogP contribution in [0.15, 0.2) is 4.73 Å². The van der Waals surface area contributed by atoms with Gasteiger partial charge in [-0.3, -0.25) is 0 Å². The molecule has 1 amide bonds. The molecule has 1 N–H and O–H groups in total. The summed E-state index contributed by atoms with van der Waals surface area (Å²) in [4.78, 5) is 18.3. The molecule has 1 aromatic heterocycles. The van der Waals surface area contributed by atoms with E-state index in [2.05, 4.69) is 30.6 Å². The fourth-order valence-corrected chi connectivity index (χ4v) is 3.19. The molecule has 0 atom stereocenters. The molecule has 2 heterocycles. The van der Waals surface area contributed by atoms with Gasteiger partial charge in [-0.1, -0.05) is 13.8 Å². The molecule has 20 heavy (non-hydrogen) atoms. The van der Waals surface area contributed by atoms with Crippen molar-refractivity contribution in [1.29, 1.82) is 0 Å². The van der Waals surface area contributed by atoms with Crippen LogP contribution < -0.4 is 10.2 Å². The normalized spacial score (nSPS) is 16.4. The summed E-state index contributed by atoms with van der Waals surface area (Å²) < 4.78 is 9.97. The number of piperidine rings is 1. The van der Waals surface area contributed by atoms with Gasteiger partial charge < -0.3 is 10.1 Å². The van der Waals surface area contributed by atoms with Gasteiger partial charge in [0.1, 0.15) is 0 Å². The molecule has 1 saturated heterocycles. The number of rotatable bonds is 4. The van der Waals surface area contributed by atoms with E-state index < -0.39 is 0 Å². The van der Waals surface area contributed by atoms with E-state index >= 15 is 0 Å². The predicted molar refractivity (Wildman–Crippen MR) is 82.2 cm³/mol. The number of anilines is 1. The molecule has 0 aromatic carbocycles. The maximum atomic E-state index is 12.4. The molecule has 6 nitrogen and oxygen atoms in total. The number of carbonyl (C=O) groups excluding carboxylic acids is 1. The third-order valence-corrected chi connectivity index (χ3v) is 4.31. The van der Waals surface area contributed by atoms with Crippen molar-refractivity contribution >= 4 is 38.7 Å². The number of halogens is 1. The van der Waals surface area contributed by atoms with Crippen LogP contribution >= 0.6 is 27.5 Å². The maximum Gasteiger partial charge on any atom is 0.416 e. The molecule has 0 saturated carbocycles. The maximum absolute atomic E-state index is 12.4. The first-order valence-electron chi connectivity index (χ1n) is 6.74. The summed E-state index contributed by atoms with van der Waals surface area (Å²) in [6.45, 7) is 6.25. The number of aromatic nitrogens is 2. The van der Waals surface area contributed by atoms with Crippen LogP contribution in [-0.2, 0) is 4.74 Å². The lowest BCUT2D eigenvalue weighted by Crippen LogP contribution is -2.46. The lowest BCUT2D eigenvalue weighted by Gasteiger charge is -2.31. The van der Waals surface area contributed by atoms with E-state index in [0.29, 0.717) is 22.4 Å². The molecule has 1 aliphatic heterocycles. The van der Waals surface area contributed by atoms with Crippen LogP contribution in [0.25, 0.3) is 0 Å². The van der Waals surface area contributed by atoms with Crippen molar-refractivity contribution in [1.82, 2.24) is 14.7 Å². The zero-order valence-corrected chi connectivity index (χ0v) is 14.0. The molecule has 1 aromatic rings. The van der Waals surface area contributed by atoms with Crippen LogP contribution in [0.4, 0.5) is 9.93 Å². The highest BCUT2D eigenvalue weighted by Crippen LogP contribution is 2.26. The minimum absolute atomic E-state index is 0.121. The first-order valence-corrected chi connectivity index (χ1v) is 8.30. The quantitative estimate of drug-likeness (QED) is 0.891. The molecule has 112 valence electrons. The number of hydrogen-bond donors (Lipinski definition) is 1. The van der Waals surface area contributed by atoms with Crippen LogP contribution in [0.3, 0.4) is 0 Å². The van der Waals surface area contributed by atoms with Gasteiger partial charge in [-0.25, -0.2) is 9.69 Å². The average Bonchev–Trinajstić information content (AvgIpc) is 2.84. The van der Waals surface area contributed by atoms with E-state index in [9.17, 15) is 4.79 Å². The smallest absolute Gasteiger partial charge is 0.416 e. The number of nitrogens with one attached hydrogen (secondary N) is 1. The second-order valence-corrected chi connectivity index (χ2v) is 6.61. The fourth-order valence-electron chi connectivity index (χ4n) is 2.05. The molecular weight excluding hydrogens is 344 g/mol. The summed E-state index contributed by atoms with van der Waals surface area (Å²) in [5.41, 5.74) is 0. The lowest BCUT2D eigenvalue weighted by molar-refractivity contribution is 0.136. The number of ether oxygens (including phenoxy) is 1. The van der Waals surface area contributed by atoms with Crippen LogP contribution in [0, 0.1) is 5.92 Å². The van der Waals surface area contributed by atoms with Gasteiger partial charge in [0.2, 0.25) is 9.87 Å². The van der Waals surface area contributed by atoms with Gasteiger partial charge in [0.05, 0.1) is 6.61 Å². The Morgan fingerprint density at radius 1 is 1.55 bits per heavy atom. The highest BCUT2D eigenvalue weighted by atomic mass is 79.9. The Morgan fingerprint density at radius 3 is 2.80 bits per heavy atom. The van der Waals surface area contributed by atoms with E-state index in [0.717, 1.165) is 25.9 Å². The first-order chi connectivity index (χ1) is 9.58. The summed E-state index contributed by atoms with van der Waals surface area (Å²) in [5.74, 6) is 0.315. The second-order valence-electron chi connectivity index (χ2n) is 5.17. The molecule has 0 unspecified atom stereocenters. The summed E-state index contributed by atoms with van der Waals surface area (Å²) in [6.07, 6.45) is 1.47. The summed E-state index contributed by atoms with van der Waals surface area (Å²) in [7, 11) is 0. The van der Waals surface area contributed by atoms with Crippen molar-refractivity contribution in [2.24, 2.45) is 5.92 Å². The molecule has 0 radical (unpaired) electrons. The molecule has 2 rings (SSSR count). The second kappa shape index (κ2) is 7.33. The number of hydrogen-bond acceptors (Lipinski definition) is 6. The van der Waals surface area contributed by atoms with Gasteiger partial charge in [0.25, 0.3) is 0 Å². The van der Waals surface area contributed by atoms with Gasteiger partial charge in [0, 0.05) is 17.6 Å². The van der Waals surface area contributed by atoms with Crippen LogP contribution in [0.5, 0.6) is 0 Å². The summed E-state index contributed by atoms with van der Waals surface area (Å²) in [6, 6.07) is 0.121. The number of amides is 1. The Balaban J connectivity index is 2.12. The predicted octanol–water partition coefficient (Wildman–Crippen LogP) is 2.65. The average molecular weight is 363 g/mol. The molecule has 1 fully saturated rings. The van der Waals surface area contributed by atoms with Crippen molar-refractivity contribution in [3.05, 3.63) is 4.73 Å². The van der Waals surface area contributed by atoms with E-state index in [4.69, 9.17) is 4.74 Å². The van der Waals surface area contributed by atoms with E-state index in [-0.39, 0.29) is 12.1 Å². The molecule has 8 heteroatoms. The van der Waals surface area contributed by atoms with Crippen molar-refractivity contribution in [2.75, 3.05) is 24.6 Å². The van der Waals surface area contributed by atoms with Crippen LogP contribution in [0.1, 0.15) is 26.7 Å². The highest BCUT2D eigenvalue weighted by Gasteiger charge is 2.30. The Labute approximate surface area is 131 Å². The summed E-state index contributed by atoms with van der Waals surface area (Å²) in [5, 5.41) is 3.89. The Bertz CT molecular complexity index is 448. The third kappa shape index (κ3) is 4.13. The molecule has 0 spiro atoms. The zero-order chi connectivity index (χ0) is 14.5. The number of carbonyl (C=O) groups is 1. The lowest BCUT2D eigenvalue weighted by atomic mass is 10.1. The standard InChI is InChI=1S/C12H19BrN4O2S/c1-8(2)7-19-12(18)17(9-3-5-14-6-4-9)11-15-10(13)16-20-11/h8-9,14H,3-7H2,1-2H3. The number of nitrogens with zero attached hydrogens (tertiary/aromatic N) is 3. The van der Waals surface area contributed by atoms with Crippen LogP contribution in [0.2, 0.25) is 0 Å². The van der Waals surface area contributed by atoms with Gasteiger partial charge in [-0.15, -0.1) is 0 Å². The monoisotopic (exact) mass is 362 g/mol. The topological polar surface area (TPSA) is 67.3 Å². The van der Waals surface area contributed by atoms with Gasteiger partial charge >= 0.3 is 6.09 Å². The molecule has 1 aliphatic rings. The molecule has 0 aliphatic carbocycles. The Morgan fingerprint density at radius 2 is 2.25 bits per heavy atom. The van der Waals surface area contributed by atoms with Gasteiger partial charge in [0.15, 0.2) is 0 Å². The van der Waals surface area contributed by atoms with Crippen LogP contribution in [-0.4, -0.2) is 41.2 Å².